The number of benzene rings is 1. The maximum atomic E-state index is 12.9. The minimum atomic E-state index is 0.0646. The van der Waals surface area contributed by atoms with Crippen molar-refractivity contribution in [3.8, 4) is 0 Å². The molecule has 1 atom stereocenters. The van der Waals surface area contributed by atoms with Crippen LogP contribution >= 0.6 is 0 Å². The van der Waals surface area contributed by atoms with Gasteiger partial charge >= 0.3 is 0 Å². The molecule has 0 bridgehead atoms. The SMILES string of the molecule is Cc1ccccc1[C@H](C)N(CC(C)C)C(=O)Cc1ccn(C)n1. The Labute approximate surface area is 139 Å². The van der Waals surface area contributed by atoms with E-state index in [2.05, 4.69) is 44.9 Å². The van der Waals surface area contributed by atoms with Crippen LogP contribution in [0.4, 0.5) is 0 Å². The maximum absolute atomic E-state index is 12.9. The zero-order valence-corrected chi connectivity index (χ0v) is 14.8. The molecule has 1 aromatic carbocycles. The molecule has 0 aliphatic rings. The Balaban J connectivity index is 2.22. The molecule has 0 aliphatic heterocycles. The molecule has 4 heteroatoms. The van der Waals surface area contributed by atoms with E-state index in [0.717, 1.165) is 12.2 Å². The van der Waals surface area contributed by atoms with Gasteiger partial charge in [-0.05, 0) is 37.0 Å². The Hall–Kier alpha value is -2.10. The van der Waals surface area contributed by atoms with Crippen molar-refractivity contribution in [2.24, 2.45) is 13.0 Å². The molecule has 0 radical (unpaired) electrons. The smallest absolute Gasteiger partial charge is 0.229 e. The lowest BCUT2D eigenvalue weighted by molar-refractivity contribution is -0.133. The van der Waals surface area contributed by atoms with Gasteiger partial charge in [0.2, 0.25) is 5.91 Å². The van der Waals surface area contributed by atoms with Crippen LogP contribution in [0, 0.1) is 12.8 Å². The van der Waals surface area contributed by atoms with Gasteiger partial charge in [-0.3, -0.25) is 9.48 Å². The first-order chi connectivity index (χ1) is 10.9. The highest BCUT2D eigenvalue weighted by atomic mass is 16.2. The number of carbonyl (C=O) groups excluding carboxylic acids is 1. The van der Waals surface area contributed by atoms with Crippen LogP contribution in [-0.4, -0.2) is 27.1 Å². The zero-order chi connectivity index (χ0) is 17.0. The fourth-order valence-corrected chi connectivity index (χ4v) is 2.91. The number of amides is 1. The number of nitrogens with zero attached hydrogens (tertiary/aromatic N) is 3. The lowest BCUT2D eigenvalue weighted by Crippen LogP contribution is -2.37. The van der Waals surface area contributed by atoms with E-state index in [1.165, 1.54) is 11.1 Å². The monoisotopic (exact) mass is 313 g/mol. The van der Waals surface area contributed by atoms with E-state index >= 15 is 0 Å². The van der Waals surface area contributed by atoms with Gasteiger partial charge in [-0.15, -0.1) is 0 Å². The van der Waals surface area contributed by atoms with Crippen molar-refractivity contribution in [1.82, 2.24) is 14.7 Å². The number of rotatable bonds is 6. The molecular weight excluding hydrogens is 286 g/mol. The van der Waals surface area contributed by atoms with Crippen LogP contribution in [-0.2, 0) is 18.3 Å². The van der Waals surface area contributed by atoms with Crippen LogP contribution in [0.2, 0.25) is 0 Å². The highest BCUT2D eigenvalue weighted by Gasteiger charge is 2.24. The first-order valence-electron chi connectivity index (χ1n) is 8.22. The van der Waals surface area contributed by atoms with Gasteiger partial charge in [-0.1, -0.05) is 38.1 Å². The van der Waals surface area contributed by atoms with Crippen LogP contribution in [0.1, 0.15) is 43.6 Å². The molecule has 1 aromatic heterocycles. The zero-order valence-electron chi connectivity index (χ0n) is 14.8. The quantitative estimate of drug-likeness (QED) is 0.818. The summed E-state index contributed by atoms with van der Waals surface area (Å²) in [6, 6.07) is 10.3. The van der Waals surface area contributed by atoms with Crippen molar-refractivity contribution in [3.05, 3.63) is 53.3 Å². The number of carbonyl (C=O) groups is 1. The highest BCUT2D eigenvalue weighted by Crippen LogP contribution is 2.25. The van der Waals surface area contributed by atoms with Crippen molar-refractivity contribution in [1.29, 1.82) is 0 Å². The Morgan fingerprint density at radius 2 is 1.91 bits per heavy atom. The number of aromatic nitrogens is 2. The van der Waals surface area contributed by atoms with Crippen molar-refractivity contribution in [3.63, 3.8) is 0 Å². The molecule has 0 saturated heterocycles. The van der Waals surface area contributed by atoms with E-state index < -0.39 is 0 Å². The second-order valence-electron chi connectivity index (χ2n) is 6.63. The fourth-order valence-electron chi connectivity index (χ4n) is 2.91. The predicted octanol–water partition coefficient (Wildman–Crippen LogP) is 3.52. The molecule has 124 valence electrons. The molecule has 0 spiro atoms. The van der Waals surface area contributed by atoms with E-state index in [1.54, 1.807) is 4.68 Å². The normalized spacial score (nSPS) is 12.4. The van der Waals surface area contributed by atoms with Gasteiger partial charge in [-0.2, -0.15) is 5.10 Å². The Bertz CT molecular complexity index is 660. The van der Waals surface area contributed by atoms with Gasteiger partial charge in [0, 0.05) is 19.8 Å². The largest absolute Gasteiger partial charge is 0.335 e. The van der Waals surface area contributed by atoms with Crippen LogP contribution < -0.4 is 0 Å². The average molecular weight is 313 g/mol. The van der Waals surface area contributed by atoms with Gasteiger partial charge in [0.25, 0.3) is 0 Å². The van der Waals surface area contributed by atoms with E-state index in [1.807, 2.05) is 36.3 Å². The highest BCUT2D eigenvalue weighted by molar-refractivity contribution is 5.78. The topological polar surface area (TPSA) is 38.1 Å². The minimum absolute atomic E-state index is 0.0646. The number of aryl methyl sites for hydroxylation is 2. The molecule has 0 saturated carbocycles. The Morgan fingerprint density at radius 3 is 2.48 bits per heavy atom. The fraction of sp³-hybridized carbons (Fsp3) is 0.474. The van der Waals surface area contributed by atoms with Crippen LogP contribution in [0.3, 0.4) is 0 Å². The Morgan fingerprint density at radius 1 is 1.22 bits per heavy atom. The number of hydrogen-bond donors (Lipinski definition) is 0. The van der Waals surface area contributed by atoms with Gasteiger partial charge in [0.05, 0.1) is 18.2 Å². The first-order valence-corrected chi connectivity index (χ1v) is 8.22. The van der Waals surface area contributed by atoms with Crippen LogP contribution in [0.5, 0.6) is 0 Å². The van der Waals surface area contributed by atoms with Crippen molar-refractivity contribution < 1.29 is 4.79 Å². The van der Waals surface area contributed by atoms with E-state index in [0.29, 0.717) is 12.3 Å². The summed E-state index contributed by atoms with van der Waals surface area (Å²) in [7, 11) is 1.87. The predicted molar refractivity (Wildman–Crippen MR) is 93.1 cm³/mol. The summed E-state index contributed by atoms with van der Waals surface area (Å²) in [5.41, 5.74) is 3.25. The summed E-state index contributed by atoms with van der Waals surface area (Å²) in [5.74, 6) is 0.558. The molecule has 0 unspecified atom stereocenters. The van der Waals surface area contributed by atoms with E-state index in [9.17, 15) is 4.79 Å². The molecule has 0 N–H and O–H groups in total. The molecule has 2 aromatic rings. The second kappa shape index (κ2) is 7.44. The first kappa shape index (κ1) is 17.3. The van der Waals surface area contributed by atoms with Gasteiger partial charge in [0.1, 0.15) is 0 Å². The van der Waals surface area contributed by atoms with Crippen molar-refractivity contribution in [2.45, 2.75) is 40.2 Å². The minimum Gasteiger partial charge on any atom is -0.335 e. The van der Waals surface area contributed by atoms with Gasteiger partial charge in [0.15, 0.2) is 0 Å². The standard InChI is InChI=1S/C19H27N3O/c1-14(2)13-22(16(4)18-9-7-6-8-15(18)3)19(23)12-17-10-11-21(5)20-17/h6-11,14,16H,12-13H2,1-5H3/t16-/m0/s1. The van der Waals surface area contributed by atoms with Gasteiger partial charge < -0.3 is 4.90 Å². The third-order valence-electron chi connectivity index (χ3n) is 4.09. The summed E-state index contributed by atoms with van der Waals surface area (Å²) in [6.45, 7) is 9.25. The maximum Gasteiger partial charge on any atom is 0.229 e. The third-order valence-corrected chi connectivity index (χ3v) is 4.09. The van der Waals surface area contributed by atoms with Crippen LogP contribution in [0.15, 0.2) is 36.5 Å². The van der Waals surface area contributed by atoms with Crippen molar-refractivity contribution >= 4 is 5.91 Å². The summed E-state index contributed by atoms with van der Waals surface area (Å²) in [4.78, 5) is 14.8. The molecular formula is C19H27N3O. The second-order valence-corrected chi connectivity index (χ2v) is 6.63. The molecule has 1 heterocycles. The molecule has 1 amide bonds. The summed E-state index contributed by atoms with van der Waals surface area (Å²) in [5, 5.41) is 4.33. The van der Waals surface area contributed by atoms with E-state index in [4.69, 9.17) is 0 Å². The lowest BCUT2D eigenvalue weighted by Gasteiger charge is -2.32. The summed E-state index contributed by atoms with van der Waals surface area (Å²) < 4.78 is 1.74. The molecule has 23 heavy (non-hydrogen) atoms. The third kappa shape index (κ3) is 4.44. The van der Waals surface area contributed by atoms with Crippen LogP contribution in [0.25, 0.3) is 0 Å². The van der Waals surface area contributed by atoms with E-state index in [-0.39, 0.29) is 11.9 Å². The molecule has 0 aliphatic carbocycles. The Kier molecular flexibility index (Phi) is 5.59. The number of hydrogen-bond acceptors (Lipinski definition) is 2. The molecule has 4 nitrogen and oxygen atoms in total. The van der Waals surface area contributed by atoms with Crippen molar-refractivity contribution in [2.75, 3.05) is 6.54 Å². The summed E-state index contributed by atoms with van der Waals surface area (Å²) >= 11 is 0. The lowest BCUT2D eigenvalue weighted by atomic mass is 10.00. The average Bonchev–Trinajstić information content (AvgIpc) is 2.89. The van der Waals surface area contributed by atoms with Gasteiger partial charge in [-0.25, -0.2) is 0 Å². The summed E-state index contributed by atoms with van der Waals surface area (Å²) in [6.07, 6.45) is 2.23. The molecule has 0 fully saturated rings. The molecule has 2 rings (SSSR count).